The highest BCUT2D eigenvalue weighted by atomic mass is 19.3. The Labute approximate surface area is 123 Å². The van der Waals surface area contributed by atoms with E-state index in [-0.39, 0.29) is 5.75 Å². The second kappa shape index (κ2) is 5.84. The quantitative estimate of drug-likeness (QED) is 0.765. The van der Waals surface area contributed by atoms with Gasteiger partial charge in [-0.25, -0.2) is 0 Å². The summed E-state index contributed by atoms with van der Waals surface area (Å²) in [6.07, 6.45) is 3.51. The van der Waals surface area contributed by atoms with E-state index in [1.165, 1.54) is 17.5 Å². The van der Waals surface area contributed by atoms with Gasteiger partial charge in [0.1, 0.15) is 5.75 Å². The molecule has 2 aromatic rings. The molecule has 0 fully saturated rings. The van der Waals surface area contributed by atoms with E-state index in [0.717, 1.165) is 29.9 Å². The van der Waals surface area contributed by atoms with E-state index in [1.807, 2.05) is 12.1 Å². The highest BCUT2D eigenvalue weighted by Gasteiger charge is 2.15. The Morgan fingerprint density at radius 2 is 1.71 bits per heavy atom. The number of alkyl halides is 2. The van der Waals surface area contributed by atoms with Crippen molar-refractivity contribution in [2.45, 2.75) is 32.8 Å². The zero-order valence-electron chi connectivity index (χ0n) is 12.0. The van der Waals surface area contributed by atoms with Crippen LogP contribution in [0, 0.1) is 5.92 Å². The molecule has 21 heavy (non-hydrogen) atoms. The van der Waals surface area contributed by atoms with Crippen molar-refractivity contribution < 1.29 is 13.5 Å². The number of halogens is 2. The summed E-state index contributed by atoms with van der Waals surface area (Å²) in [5.41, 5.74) is 5.01. The first kappa shape index (κ1) is 14.1. The average Bonchev–Trinajstić information content (AvgIpc) is 2.47. The summed E-state index contributed by atoms with van der Waals surface area (Å²) in [7, 11) is 0. The number of fused-ring (bicyclic) bond motifs is 1. The van der Waals surface area contributed by atoms with E-state index in [2.05, 4.69) is 29.9 Å². The minimum atomic E-state index is -2.78. The summed E-state index contributed by atoms with van der Waals surface area (Å²) < 4.78 is 28.7. The lowest BCUT2D eigenvalue weighted by Crippen LogP contribution is -2.11. The van der Waals surface area contributed by atoms with E-state index >= 15 is 0 Å². The van der Waals surface area contributed by atoms with Gasteiger partial charge in [-0.1, -0.05) is 37.3 Å². The highest BCUT2D eigenvalue weighted by Crippen LogP contribution is 2.30. The third-order valence-electron chi connectivity index (χ3n) is 4.09. The fourth-order valence-electron chi connectivity index (χ4n) is 2.95. The predicted molar refractivity (Wildman–Crippen MR) is 79.7 cm³/mol. The molecule has 0 saturated heterocycles. The van der Waals surface area contributed by atoms with Gasteiger partial charge in [0.2, 0.25) is 0 Å². The Bertz CT molecular complexity index is 620. The summed E-state index contributed by atoms with van der Waals surface area (Å²) in [6.45, 7) is -0.486. The van der Waals surface area contributed by atoms with Crippen molar-refractivity contribution >= 4 is 0 Å². The number of hydrogen-bond donors (Lipinski definition) is 0. The predicted octanol–water partition coefficient (Wildman–Crippen LogP) is 5.08. The molecule has 1 aliphatic rings. The Kier molecular flexibility index (Phi) is 3.91. The van der Waals surface area contributed by atoms with Gasteiger partial charge in [-0.2, -0.15) is 8.78 Å². The van der Waals surface area contributed by atoms with Crippen LogP contribution in [0.4, 0.5) is 8.78 Å². The smallest absolute Gasteiger partial charge is 0.387 e. The Balaban J connectivity index is 1.84. The molecular formula is C18H18F2O. The zero-order chi connectivity index (χ0) is 14.8. The normalized spacial score (nSPS) is 17.6. The van der Waals surface area contributed by atoms with Gasteiger partial charge in [-0.05, 0) is 59.6 Å². The maximum atomic E-state index is 12.1. The molecule has 1 unspecified atom stereocenters. The summed E-state index contributed by atoms with van der Waals surface area (Å²) >= 11 is 0. The summed E-state index contributed by atoms with van der Waals surface area (Å²) in [4.78, 5) is 0. The van der Waals surface area contributed by atoms with Gasteiger partial charge in [-0.3, -0.25) is 0 Å². The molecule has 3 heteroatoms. The number of rotatable bonds is 3. The molecule has 0 bridgehead atoms. The van der Waals surface area contributed by atoms with Crippen molar-refractivity contribution in [2.75, 3.05) is 0 Å². The second-order valence-corrected chi connectivity index (χ2v) is 5.73. The third kappa shape index (κ3) is 3.23. The highest BCUT2D eigenvalue weighted by molar-refractivity contribution is 5.65. The van der Waals surface area contributed by atoms with Crippen molar-refractivity contribution in [3.63, 3.8) is 0 Å². The number of hydrogen-bond acceptors (Lipinski definition) is 1. The molecule has 1 atom stereocenters. The third-order valence-corrected chi connectivity index (χ3v) is 4.09. The minimum absolute atomic E-state index is 0.195. The second-order valence-electron chi connectivity index (χ2n) is 5.73. The van der Waals surface area contributed by atoms with Crippen LogP contribution >= 0.6 is 0 Å². The van der Waals surface area contributed by atoms with Gasteiger partial charge in [0, 0.05) is 0 Å². The van der Waals surface area contributed by atoms with E-state index < -0.39 is 6.61 Å². The van der Waals surface area contributed by atoms with Gasteiger partial charge in [0.05, 0.1) is 0 Å². The lowest BCUT2D eigenvalue weighted by atomic mass is 9.83. The topological polar surface area (TPSA) is 9.23 Å². The maximum Gasteiger partial charge on any atom is 0.387 e. The average molecular weight is 288 g/mol. The van der Waals surface area contributed by atoms with Crippen LogP contribution in [0.15, 0.2) is 42.5 Å². The monoisotopic (exact) mass is 288 g/mol. The van der Waals surface area contributed by atoms with Gasteiger partial charge in [0.15, 0.2) is 0 Å². The molecule has 0 amide bonds. The van der Waals surface area contributed by atoms with E-state index in [9.17, 15) is 8.78 Å². The molecule has 0 aromatic heterocycles. The fourth-order valence-corrected chi connectivity index (χ4v) is 2.95. The molecule has 1 aliphatic carbocycles. The molecule has 110 valence electrons. The summed E-state index contributed by atoms with van der Waals surface area (Å²) in [6, 6.07) is 13.4. The SMILES string of the molecule is CC1CCc2cc(-c3ccc(OC(F)F)cc3)ccc2C1. The minimum Gasteiger partial charge on any atom is -0.435 e. The molecule has 3 rings (SSSR count). The van der Waals surface area contributed by atoms with Gasteiger partial charge < -0.3 is 4.74 Å². The molecular weight excluding hydrogens is 270 g/mol. The molecule has 0 heterocycles. The van der Waals surface area contributed by atoms with E-state index in [4.69, 9.17) is 0 Å². The van der Waals surface area contributed by atoms with Crippen molar-refractivity contribution in [3.8, 4) is 16.9 Å². The molecule has 0 aliphatic heterocycles. The fraction of sp³-hybridized carbons (Fsp3) is 0.333. The number of aryl methyl sites for hydroxylation is 1. The van der Waals surface area contributed by atoms with E-state index in [0.29, 0.717) is 0 Å². The lowest BCUT2D eigenvalue weighted by Gasteiger charge is -2.22. The van der Waals surface area contributed by atoms with Crippen LogP contribution < -0.4 is 4.74 Å². The lowest BCUT2D eigenvalue weighted by molar-refractivity contribution is -0.0498. The first-order valence-corrected chi connectivity index (χ1v) is 7.29. The maximum absolute atomic E-state index is 12.1. The molecule has 0 spiro atoms. The molecule has 2 aromatic carbocycles. The van der Waals surface area contributed by atoms with Crippen LogP contribution in [0.1, 0.15) is 24.5 Å². The Hall–Kier alpha value is -1.90. The molecule has 0 radical (unpaired) electrons. The standard InChI is InChI=1S/C18H18F2O/c1-12-2-3-16-11-15(5-4-14(16)10-12)13-6-8-17(9-7-13)21-18(19)20/h4-9,11-12,18H,2-3,10H2,1H3. The van der Waals surface area contributed by atoms with Crippen LogP contribution in [0.5, 0.6) is 5.75 Å². The molecule has 0 N–H and O–H groups in total. The number of ether oxygens (including phenoxy) is 1. The van der Waals surface area contributed by atoms with Crippen molar-refractivity contribution in [2.24, 2.45) is 5.92 Å². The zero-order valence-corrected chi connectivity index (χ0v) is 12.0. The van der Waals surface area contributed by atoms with Crippen LogP contribution in [-0.4, -0.2) is 6.61 Å². The van der Waals surface area contributed by atoms with Crippen LogP contribution in [0.2, 0.25) is 0 Å². The van der Waals surface area contributed by atoms with Gasteiger partial charge in [0.25, 0.3) is 0 Å². The Morgan fingerprint density at radius 1 is 1.00 bits per heavy atom. The number of benzene rings is 2. The van der Waals surface area contributed by atoms with Crippen molar-refractivity contribution in [1.82, 2.24) is 0 Å². The first-order valence-electron chi connectivity index (χ1n) is 7.29. The van der Waals surface area contributed by atoms with Crippen LogP contribution in [0.25, 0.3) is 11.1 Å². The Morgan fingerprint density at radius 3 is 2.43 bits per heavy atom. The summed E-state index contributed by atoms with van der Waals surface area (Å²) in [5.74, 6) is 0.953. The largest absolute Gasteiger partial charge is 0.435 e. The van der Waals surface area contributed by atoms with E-state index in [1.54, 1.807) is 12.1 Å². The van der Waals surface area contributed by atoms with Crippen molar-refractivity contribution in [1.29, 1.82) is 0 Å². The molecule has 0 saturated carbocycles. The van der Waals surface area contributed by atoms with Crippen LogP contribution in [-0.2, 0) is 12.8 Å². The summed E-state index contributed by atoms with van der Waals surface area (Å²) in [5, 5.41) is 0. The van der Waals surface area contributed by atoms with Gasteiger partial charge in [-0.15, -0.1) is 0 Å². The van der Waals surface area contributed by atoms with Gasteiger partial charge >= 0.3 is 6.61 Å². The first-order chi connectivity index (χ1) is 10.1. The molecule has 1 nitrogen and oxygen atoms in total. The van der Waals surface area contributed by atoms with Crippen molar-refractivity contribution in [3.05, 3.63) is 53.6 Å². The van der Waals surface area contributed by atoms with Crippen LogP contribution in [0.3, 0.4) is 0 Å².